The van der Waals surface area contributed by atoms with E-state index < -0.39 is 0 Å². The van der Waals surface area contributed by atoms with Crippen molar-refractivity contribution in [1.82, 2.24) is 10.6 Å². The van der Waals surface area contributed by atoms with E-state index in [0.29, 0.717) is 6.54 Å². The number of halogens is 1. The van der Waals surface area contributed by atoms with E-state index >= 15 is 0 Å². The fraction of sp³-hybridized carbons (Fsp3) is 0.462. The molecule has 1 aromatic rings. The summed E-state index contributed by atoms with van der Waals surface area (Å²) in [4.78, 5) is 11.7. The Labute approximate surface area is 107 Å². The van der Waals surface area contributed by atoms with Crippen LogP contribution in [0.25, 0.3) is 0 Å². The fourth-order valence-corrected chi connectivity index (χ4v) is 2.28. The Bertz CT molecular complexity index is 389. The molecule has 0 bridgehead atoms. The third-order valence-electron chi connectivity index (χ3n) is 3.03. The predicted octanol–water partition coefficient (Wildman–Crippen LogP) is 1.75. The summed E-state index contributed by atoms with van der Waals surface area (Å²) in [6.45, 7) is 1.59. The molecule has 0 aliphatic carbocycles. The van der Waals surface area contributed by atoms with E-state index in [0.717, 1.165) is 36.4 Å². The summed E-state index contributed by atoms with van der Waals surface area (Å²) < 4.78 is 0. The largest absolute Gasteiger partial charge is 0.354 e. The van der Waals surface area contributed by atoms with Crippen LogP contribution < -0.4 is 10.6 Å². The van der Waals surface area contributed by atoms with Gasteiger partial charge in [0, 0.05) is 11.6 Å². The second-order valence-corrected chi connectivity index (χ2v) is 4.69. The van der Waals surface area contributed by atoms with Gasteiger partial charge in [-0.05, 0) is 37.4 Å². The van der Waals surface area contributed by atoms with Crippen LogP contribution in [-0.2, 0) is 11.2 Å². The SMILES string of the molecule is O=C(NCCc1ccccc1Cl)C1CCCN1. The van der Waals surface area contributed by atoms with Gasteiger partial charge in [0.1, 0.15) is 0 Å². The molecular weight excluding hydrogens is 236 g/mol. The van der Waals surface area contributed by atoms with Gasteiger partial charge in [0.25, 0.3) is 0 Å². The van der Waals surface area contributed by atoms with E-state index in [4.69, 9.17) is 11.6 Å². The average Bonchev–Trinajstić information content (AvgIpc) is 2.85. The molecule has 3 nitrogen and oxygen atoms in total. The molecule has 1 saturated heterocycles. The quantitative estimate of drug-likeness (QED) is 0.857. The van der Waals surface area contributed by atoms with Crippen LogP contribution in [0.2, 0.25) is 5.02 Å². The maximum absolute atomic E-state index is 11.7. The third kappa shape index (κ3) is 3.45. The van der Waals surface area contributed by atoms with Crippen LogP contribution in [0.5, 0.6) is 0 Å². The lowest BCUT2D eigenvalue weighted by atomic mass is 10.1. The van der Waals surface area contributed by atoms with Crippen molar-refractivity contribution in [2.24, 2.45) is 0 Å². The van der Waals surface area contributed by atoms with Crippen LogP contribution in [0.3, 0.4) is 0 Å². The topological polar surface area (TPSA) is 41.1 Å². The molecule has 0 spiro atoms. The monoisotopic (exact) mass is 252 g/mol. The molecule has 1 aliphatic heterocycles. The van der Waals surface area contributed by atoms with Crippen molar-refractivity contribution in [1.29, 1.82) is 0 Å². The smallest absolute Gasteiger partial charge is 0.237 e. The summed E-state index contributed by atoms with van der Waals surface area (Å²) in [6.07, 6.45) is 2.80. The lowest BCUT2D eigenvalue weighted by Gasteiger charge is -2.11. The number of amides is 1. The molecule has 17 heavy (non-hydrogen) atoms. The number of nitrogens with one attached hydrogen (secondary N) is 2. The lowest BCUT2D eigenvalue weighted by Crippen LogP contribution is -2.41. The minimum atomic E-state index is 0.00115. The maximum Gasteiger partial charge on any atom is 0.237 e. The van der Waals surface area contributed by atoms with Gasteiger partial charge in [0.2, 0.25) is 5.91 Å². The van der Waals surface area contributed by atoms with Crippen molar-refractivity contribution in [3.8, 4) is 0 Å². The Kier molecular flexibility index (Phi) is 4.40. The van der Waals surface area contributed by atoms with Crippen LogP contribution in [-0.4, -0.2) is 25.0 Å². The molecule has 1 unspecified atom stereocenters. The average molecular weight is 253 g/mol. The molecule has 2 rings (SSSR count). The van der Waals surface area contributed by atoms with E-state index in [1.807, 2.05) is 24.3 Å². The standard InChI is InChI=1S/C13H17ClN2O/c14-11-5-2-1-4-10(11)7-9-16-13(17)12-6-3-8-15-12/h1-2,4-5,12,15H,3,6-9H2,(H,16,17). The Morgan fingerprint density at radius 1 is 1.47 bits per heavy atom. The first-order chi connectivity index (χ1) is 8.27. The molecule has 0 saturated carbocycles. The van der Waals surface area contributed by atoms with Gasteiger partial charge in [-0.15, -0.1) is 0 Å². The van der Waals surface area contributed by atoms with Gasteiger partial charge in [0.15, 0.2) is 0 Å². The minimum Gasteiger partial charge on any atom is -0.354 e. The van der Waals surface area contributed by atoms with Crippen molar-refractivity contribution >= 4 is 17.5 Å². The number of carbonyl (C=O) groups is 1. The van der Waals surface area contributed by atoms with Crippen LogP contribution in [0.1, 0.15) is 18.4 Å². The van der Waals surface area contributed by atoms with Crippen molar-refractivity contribution in [2.75, 3.05) is 13.1 Å². The molecule has 1 aromatic carbocycles. The van der Waals surface area contributed by atoms with Crippen LogP contribution in [0.4, 0.5) is 0 Å². The highest BCUT2D eigenvalue weighted by atomic mass is 35.5. The zero-order valence-electron chi connectivity index (χ0n) is 9.71. The van der Waals surface area contributed by atoms with E-state index in [1.165, 1.54) is 0 Å². The Hall–Kier alpha value is -1.06. The van der Waals surface area contributed by atoms with E-state index in [2.05, 4.69) is 10.6 Å². The maximum atomic E-state index is 11.7. The molecule has 92 valence electrons. The number of carbonyl (C=O) groups excluding carboxylic acids is 1. The Morgan fingerprint density at radius 2 is 2.29 bits per heavy atom. The van der Waals surface area contributed by atoms with Crippen LogP contribution >= 0.6 is 11.6 Å². The van der Waals surface area contributed by atoms with Gasteiger partial charge >= 0.3 is 0 Å². The predicted molar refractivity (Wildman–Crippen MR) is 69.2 cm³/mol. The zero-order valence-corrected chi connectivity index (χ0v) is 10.5. The molecule has 0 aromatic heterocycles. The molecule has 4 heteroatoms. The van der Waals surface area contributed by atoms with E-state index in [1.54, 1.807) is 0 Å². The summed E-state index contributed by atoms with van der Waals surface area (Å²) in [5.74, 6) is 0.106. The second kappa shape index (κ2) is 6.03. The lowest BCUT2D eigenvalue weighted by molar-refractivity contribution is -0.122. The van der Waals surface area contributed by atoms with Gasteiger partial charge in [-0.1, -0.05) is 29.8 Å². The molecular formula is C13H17ClN2O. The molecule has 1 fully saturated rings. The van der Waals surface area contributed by atoms with Crippen molar-refractivity contribution < 1.29 is 4.79 Å². The van der Waals surface area contributed by atoms with Crippen molar-refractivity contribution in [2.45, 2.75) is 25.3 Å². The minimum absolute atomic E-state index is 0.00115. The first-order valence-electron chi connectivity index (χ1n) is 6.02. The van der Waals surface area contributed by atoms with Gasteiger partial charge in [0.05, 0.1) is 6.04 Å². The molecule has 1 atom stereocenters. The first kappa shape index (κ1) is 12.4. The van der Waals surface area contributed by atoms with E-state index in [-0.39, 0.29) is 11.9 Å². The zero-order chi connectivity index (χ0) is 12.1. The van der Waals surface area contributed by atoms with Crippen LogP contribution in [0, 0.1) is 0 Å². The fourth-order valence-electron chi connectivity index (χ4n) is 2.05. The summed E-state index contributed by atoms with van der Waals surface area (Å²) >= 11 is 6.04. The molecule has 1 aliphatic rings. The molecule has 1 heterocycles. The van der Waals surface area contributed by atoms with Crippen LogP contribution in [0.15, 0.2) is 24.3 Å². The number of hydrogen-bond acceptors (Lipinski definition) is 2. The Balaban J connectivity index is 1.76. The molecule has 1 amide bonds. The first-order valence-corrected chi connectivity index (χ1v) is 6.39. The highest BCUT2D eigenvalue weighted by molar-refractivity contribution is 6.31. The normalized spacial score (nSPS) is 19.2. The van der Waals surface area contributed by atoms with Gasteiger partial charge in [-0.25, -0.2) is 0 Å². The van der Waals surface area contributed by atoms with Gasteiger partial charge < -0.3 is 10.6 Å². The Morgan fingerprint density at radius 3 is 3.00 bits per heavy atom. The summed E-state index contributed by atoms with van der Waals surface area (Å²) in [7, 11) is 0. The van der Waals surface area contributed by atoms with Gasteiger partial charge in [-0.2, -0.15) is 0 Å². The van der Waals surface area contributed by atoms with Crippen molar-refractivity contribution in [3.05, 3.63) is 34.9 Å². The highest BCUT2D eigenvalue weighted by Crippen LogP contribution is 2.14. The molecule has 2 N–H and O–H groups in total. The third-order valence-corrected chi connectivity index (χ3v) is 3.40. The number of benzene rings is 1. The summed E-state index contributed by atoms with van der Waals surface area (Å²) in [5, 5.41) is 6.88. The summed E-state index contributed by atoms with van der Waals surface area (Å²) in [6, 6.07) is 7.73. The van der Waals surface area contributed by atoms with Crippen molar-refractivity contribution in [3.63, 3.8) is 0 Å². The molecule has 0 radical (unpaired) electrons. The number of hydrogen-bond donors (Lipinski definition) is 2. The highest BCUT2D eigenvalue weighted by Gasteiger charge is 2.21. The second-order valence-electron chi connectivity index (χ2n) is 4.28. The summed E-state index contributed by atoms with van der Waals surface area (Å²) in [5.41, 5.74) is 1.08. The number of rotatable bonds is 4. The van der Waals surface area contributed by atoms with Gasteiger partial charge in [-0.3, -0.25) is 4.79 Å². The van der Waals surface area contributed by atoms with E-state index in [9.17, 15) is 4.79 Å².